The van der Waals surface area contributed by atoms with Crippen molar-refractivity contribution >= 4 is 23.6 Å². The first kappa shape index (κ1) is 16.1. The van der Waals surface area contributed by atoms with E-state index in [1.807, 2.05) is 0 Å². The van der Waals surface area contributed by atoms with E-state index in [1.165, 1.54) is 6.92 Å². The molecule has 7 heteroatoms. The number of hydrogen-bond acceptors (Lipinski definition) is 4. The molecule has 1 unspecified atom stereocenters. The van der Waals surface area contributed by atoms with E-state index >= 15 is 0 Å². The Kier molecular flexibility index (Phi) is 6.69. The molecule has 1 heterocycles. The monoisotopic (exact) mass is 283 g/mol. The van der Waals surface area contributed by atoms with Gasteiger partial charge in [-0.2, -0.15) is 0 Å². The summed E-state index contributed by atoms with van der Waals surface area (Å²) in [7, 11) is 0. The number of carbonyl (C=O) groups excluding carboxylic acids is 4. The number of piperidine rings is 1. The van der Waals surface area contributed by atoms with Gasteiger partial charge in [-0.05, 0) is 19.3 Å². The fourth-order valence-electron chi connectivity index (χ4n) is 1.95. The summed E-state index contributed by atoms with van der Waals surface area (Å²) in [6.07, 6.45) is 3.33. The molecule has 0 aromatic carbocycles. The van der Waals surface area contributed by atoms with Crippen LogP contribution in [0.4, 0.5) is 0 Å². The van der Waals surface area contributed by atoms with Crippen LogP contribution in [0.1, 0.15) is 45.4 Å². The van der Waals surface area contributed by atoms with E-state index in [0.29, 0.717) is 25.8 Å². The summed E-state index contributed by atoms with van der Waals surface area (Å²) in [6.45, 7) is 2.08. The van der Waals surface area contributed by atoms with Crippen molar-refractivity contribution in [3.8, 4) is 0 Å². The Balaban J connectivity index is 2.10. The molecule has 1 rings (SSSR count). The minimum atomic E-state index is -0.598. The van der Waals surface area contributed by atoms with Gasteiger partial charge in [0.05, 0.1) is 0 Å². The maximum atomic E-state index is 11.6. The van der Waals surface area contributed by atoms with Crippen molar-refractivity contribution in [1.82, 2.24) is 16.0 Å². The lowest BCUT2D eigenvalue weighted by Crippen LogP contribution is -2.52. The molecule has 1 fully saturated rings. The third-order valence-corrected chi connectivity index (χ3v) is 3.03. The lowest BCUT2D eigenvalue weighted by molar-refractivity contribution is -0.137. The van der Waals surface area contributed by atoms with Gasteiger partial charge in [-0.1, -0.05) is 6.42 Å². The molecule has 0 aromatic rings. The Morgan fingerprint density at radius 2 is 2.00 bits per heavy atom. The van der Waals surface area contributed by atoms with Crippen LogP contribution in [0.25, 0.3) is 0 Å². The quantitative estimate of drug-likeness (QED) is 0.437. The van der Waals surface area contributed by atoms with Crippen molar-refractivity contribution < 1.29 is 19.2 Å². The molecule has 1 atom stereocenters. The van der Waals surface area contributed by atoms with Gasteiger partial charge in [0.15, 0.2) is 0 Å². The Hall–Kier alpha value is -1.92. The van der Waals surface area contributed by atoms with Gasteiger partial charge >= 0.3 is 0 Å². The second kappa shape index (κ2) is 8.29. The van der Waals surface area contributed by atoms with Gasteiger partial charge in [0.2, 0.25) is 23.6 Å². The van der Waals surface area contributed by atoms with Gasteiger partial charge in [-0.25, -0.2) is 0 Å². The average molecular weight is 283 g/mol. The molecule has 3 N–H and O–H groups in total. The summed E-state index contributed by atoms with van der Waals surface area (Å²) < 4.78 is 0. The van der Waals surface area contributed by atoms with Gasteiger partial charge < -0.3 is 10.6 Å². The fourth-order valence-corrected chi connectivity index (χ4v) is 1.95. The molecule has 7 nitrogen and oxygen atoms in total. The molecule has 1 aliphatic rings. The van der Waals surface area contributed by atoms with Gasteiger partial charge in [0.1, 0.15) is 6.04 Å². The van der Waals surface area contributed by atoms with E-state index in [0.717, 1.165) is 12.8 Å². The number of nitrogens with one attached hydrogen (secondary N) is 3. The molecule has 20 heavy (non-hydrogen) atoms. The summed E-state index contributed by atoms with van der Waals surface area (Å²) in [5.74, 6) is -0.960. The first-order valence-corrected chi connectivity index (χ1v) is 6.86. The zero-order chi connectivity index (χ0) is 15.0. The molecular formula is C13H21N3O4. The number of hydrogen-bond donors (Lipinski definition) is 3. The van der Waals surface area contributed by atoms with E-state index in [1.54, 1.807) is 0 Å². The molecule has 0 aliphatic carbocycles. The molecule has 1 aliphatic heterocycles. The topological polar surface area (TPSA) is 104 Å². The van der Waals surface area contributed by atoms with Crippen LogP contribution in [0.5, 0.6) is 0 Å². The highest BCUT2D eigenvalue weighted by atomic mass is 16.2. The Bertz CT molecular complexity index is 395. The lowest BCUT2D eigenvalue weighted by atomic mass is 10.1. The summed E-state index contributed by atoms with van der Waals surface area (Å²) in [4.78, 5) is 44.6. The number of amides is 4. The Morgan fingerprint density at radius 1 is 1.25 bits per heavy atom. The third-order valence-electron chi connectivity index (χ3n) is 3.03. The molecule has 4 amide bonds. The smallest absolute Gasteiger partial charge is 0.249 e. The number of unbranched alkanes of at least 4 members (excludes halogenated alkanes) is 2. The van der Waals surface area contributed by atoms with Crippen molar-refractivity contribution in [3.05, 3.63) is 0 Å². The van der Waals surface area contributed by atoms with Crippen molar-refractivity contribution in [2.45, 2.75) is 51.5 Å². The maximum absolute atomic E-state index is 11.6. The molecule has 112 valence electrons. The molecule has 1 saturated heterocycles. The second-order valence-electron chi connectivity index (χ2n) is 4.86. The molecule has 0 radical (unpaired) electrons. The van der Waals surface area contributed by atoms with Gasteiger partial charge in [-0.3, -0.25) is 24.5 Å². The first-order valence-electron chi connectivity index (χ1n) is 6.86. The normalized spacial score (nSPS) is 18.4. The number of carbonyl (C=O) groups is 4. The summed E-state index contributed by atoms with van der Waals surface area (Å²) in [6, 6.07) is -0.598. The van der Waals surface area contributed by atoms with Crippen LogP contribution < -0.4 is 16.0 Å². The van der Waals surface area contributed by atoms with Crippen molar-refractivity contribution in [1.29, 1.82) is 0 Å². The van der Waals surface area contributed by atoms with Crippen LogP contribution in [-0.4, -0.2) is 36.2 Å². The maximum Gasteiger partial charge on any atom is 0.249 e. The average Bonchev–Trinajstić information content (AvgIpc) is 2.36. The van der Waals surface area contributed by atoms with Crippen LogP contribution in [0.2, 0.25) is 0 Å². The van der Waals surface area contributed by atoms with Crippen molar-refractivity contribution in [2.75, 3.05) is 6.54 Å². The standard InChI is InChI=1S/C13H21N3O4/c1-9(17)14-8-4-2-3-5-11(18)15-10-6-7-12(19)16-13(10)20/h10H,2-8H2,1H3,(H,14,17)(H,15,18)(H,16,19,20). The minimum absolute atomic E-state index is 0.0550. The van der Waals surface area contributed by atoms with Crippen LogP contribution in [0.15, 0.2) is 0 Å². The largest absolute Gasteiger partial charge is 0.356 e. The minimum Gasteiger partial charge on any atom is -0.356 e. The van der Waals surface area contributed by atoms with Crippen molar-refractivity contribution in [2.24, 2.45) is 0 Å². The highest BCUT2D eigenvalue weighted by molar-refractivity contribution is 6.01. The summed E-state index contributed by atoms with van der Waals surface area (Å²) in [5, 5.41) is 7.51. The van der Waals surface area contributed by atoms with Crippen LogP contribution in [0.3, 0.4) is 0 Å². The molecule has 0 aromatic heterocycles. The predicted octanol–water partition coefficient (Wildman–Crippen LogP) is -0.396. The fraction of sp³-hybridized carbons (Fsp3) is 0.692. The van der Waals surface area contributed by atoms with E-state index in [-0.39, 0.29) is 24.1 Å². The summed E-state index contributed by atoms with van der Waals surface area (Å²) in [5.41, 5.74) is 0. The predicted molar refractivity (Wildman–Crippen MR) is 71.5 cm³/mol. The van der Waals surface area contributed by atoms with E-state index in [2.05, 4.69) is 16.0 Å². The van der Waals surface area contributed by atoms with Gasteiger partial charge in [0.25, 0.3) is 0 Å². The Labute approximate surface area is 117 Å². The first-order chi connectivity index (χ1) is 9.49. The Morgan fingerprint density at radius 3 is 2.65 bits per heavy atom. The molecule has 0 saturated carbocycles. The van der Waals surface area contributed by atoms with Crippen LogP contribution in [-0.2, 0) is 19.2 Å². The molecule has 0 bridgehead atoms. The SMILES string of the molecule is CC(=O)NCCCCCC(=O)NC1CCC(=O)NC1=O. The van der Waals surface area contributed by atoms with Crippen molar-refractivity contribution in [3.63, 3.8) is 0 Å². The second-order valence-corrected chi connectivity index (χ2v) is 4.86. The molecular weight excluding hydrogens is 262 g/mol. The highest BCUT2D eigenvalue weighted by Crippen LogP contribution is 2.05. The van der Waals surface area contributed by atoms with E-state index < -0.39 is 11.9 Å². The summed E-state index contributed by atoms with van der Waals surface area (Å²) >= 11 is 0. The molecule has 0 spiro atoms. The number of rotatable bonds is 7. The zero-order valence-electron chi connectivity index (χ0n) is 11.7. The highest BCUT2D eigenvalue weighted by Gasteiger charge is 2.27. The van der Waals surface area contributed by atoms with Gasteiger partial charge in [0, 0.05) is 26.3 Å². The zero-order valence-corrected chi connectivity index (χ0v) is 11.7. The lowest BCUT2D eigenvalue weighted by Gasteiger charge is -2.21. The van der Waals surface area contributed by atoms with Crippen LogP contribution in [0, 0.1) is 0 Å². The van der Waals surface area contributed by atoms with Crippen LogP contribution >= 0.6 is 0 Å². The van der Waals surface area contributed by atoms with E-state index in [9.17, 15) is 19.2 Å². The third kappa shape index (κ3) is 6.31. The van der Waals surface area contributed by atoms with E-state index in [4.69, 9.17) is 0 Å². The van der Waals surface area contributed by atoms with Gasteiger partial charge in [-0.15, -0.1) is 0 Å². The number of imide groups is 1.